The van der Waals surface area contributed by atoms with E-state index in [0.717, 1.165) is 6.07 Å². The van der Waals surface area contributed by atoms with E-state index in [4.69, 9.17) is 10.5 Å². The number of carbonyl (C=O) groups is 1. The van der Waals surface area contributed by atoms with Gasteiger partial charge in [0, 0.05) is 5.56 Å². The van der Waals surface area contributed by atoms with E-state index >= 15 is 0 Å². The Morgan fingerprint density at radius 2 is 2.13 bits per heavy atom. The molecule has 0 aliphatic rings. The second kappa shape index (κ2) is 4.75. The van der Waals surface area contributed by atoms with Crippen LogP contribution in [0.3, 0.4) is 0 Å². The Bertz CT molecular complexity index is 368. The van der Waals surface area contributed by atoms with Crippen molar-refractivity contribution >= 4 is 5.97 Å². The molecule has 0 amide bonds. The zero-order valence-corrected chi connectivity index (χ0v) is 8.49. The summed E-state index contributed by atoms with van der Waals surface area (Å²) < 4.78 is 22.4. The molecular formula is C10H12FNO3. The molecule has 0 fully saturated rings. The van der Waals surface area contributed by atoms with Gasteiger partial charge in [-0.3, -0.25) is 4.79 Å². The minimum atomic E-state index is -1.04. The second-order valence-corrected chi connectivity index (χ2v) is 2.89. The maximum absolute atomic E-state index is 12.9. The summed E-state index contributed by atoms with van der Waals surface area (Å²) in [5.74, 6) is -0.765. The van der Waals surface area contributed by atoms with Crippen LogP contribution >= 0.6 is 0 Å². The van der Waals surface area contributed by atoms with Gasteiger partial charge in [0.2, 0.25) is 0 Å². The van der Waals surface area contributed by atoms with Crippen LogP contribution in [0.5, 0.6) is 5.75 Å². The molecule has 0 bridgehead atoms. The van der Waals surface area contributed by atoms with Crippen molar-refractivity contribution in [1.82, 2.24) is 0 Å². The average Bonchev–Trinajstić information content (AvgIpc) is 2.27. The lowest BCUT2D eigenvalue weighted by molar-refractivity contribution is -0.142. The highest BCUT2D eigenvalue weighted by Crippen LogP contribution is 2.25. The molecule has 0 heterocycles. The van der Waals surface area contributed by atoms with E-state index in [1.165, 1.54) is 26.4 Å². The molecule has 0 saturated carbocycles. The number of esters is 1. The smallest absolute Gasteiger partial charge is 0.327 e. The minimum Gasteiger partial charge on any atom is -0.496 e. The van der Waals surface area contributed by atoms with Gasteiger partial charge in [-0.2, -0.15) is 0 Å². The van der Waals surface area contributed by atoms with Crippen molar-refractivity contribution in [3.63, 3.8) is 0 Å². The molecule has 0 aliphatic carbocycles. The summed E-state index contributed by atoms with van der Waals surface area (Å²) in [5.41, 5.74) is 5.84. The molecular weight excluding hydrogens is 201 g/mol. The molecule has 5 heteroatoms. The number of carbonyl (C=O) groups excluding carboxylic acids is 1. The van der Waals surface area contributed by atoms with E-state index < -0.39 is 17.8 Å². The number of ether oxygens (including phenoxy) is 2. The molecule has 2 N–H and O–H groups in total. The number of benzene rings is 1. The zero-order valence-electron chi connectivity index (χ0n) is 8.49. The molecule has 1 aromatic rings. The van der Waals surface area contributed by atoms with E-state index in [9.17, 15) is 9.18 Å². The lowest BCUT2D eigenvalue weighted by Gasteiger charge is -2.13. The number of nitrogens with two attached hydrogens (primary N) is 1. The van der Waals surface area contributed by atoms with Gasteiger partial charge < -0.3 is 15.2 Å². The van der Waals surface area contributed by atoms with Crippen molar-refractivity contribution in [1.29, 1.82) is 0 Å². The van der Waals surface area contributed by atoms with Crippen LogP contribution in [0.2, 0.25) is 0 Å². The van der Waals surface area contributed by atoms with Crippen LogP contribution in [0.15, 0.2) is 18.2 Å². The lowest BCUT2D eigenvalue weighted by Crippen LogP contribution is -2.23. The number of rotatable bonds is 3. The molecule has 0 aromatic heterocycles. The van der Waals surface area contributed by atoms with Crippen molar-refractivity contribution in [2.45, 2.75) is 6.04 Å². The molecule has 4 nitrogen and oxygen atoms in total. The Morgan fingerprint density at radius 1 is 1.47 bits per heavy atom. The molecule has 0 aliphatic heterocycles. The molecule has 1 rings (SSSR count). The van der Waals surface area contributed by atoms with Gasteiger partial charge in [0.05, 0.1) is 14.2 Å². The first-order chi connectivity index (χ1) is 7.10. The molecule has 0 spiro atoms. The summed E-state index contributed by atoms with van der Waals surface area (Å²) >= 11 is 0. The monoisotopic (exact) mass is 213 g/mol. The van der Waals surface area contributed by atoms with Gasteiger partial charge >= 0.3 is 5.97 Å². The first-order valence-corrected chi connectivity index (χ1v) is 4.27. The number of hydrogen-bond donors (Lipinski definition) is 1. The van der Waals surface area contributed by atoms with Gasteiger partial charge in [0.15, 0.2) is 0 Å². The molecule has 1 aromatic carbocycles. The maximum Gasteiger partial charge on any atom is 0.327 e. The van der Waals surface area contributed by atoms with E-state index in [2.05, 4.69) is 4.74 Å². The number of methoxy groups -OCH3 is 2. The van der Waals surface area contributed by atoms with Crippen LogP contribution in [0, 0.1) is 5.82 Å². The molecule has 15 heavy (non-hydrogen) atoms. The largest absolute Gasteiger partial charge is 0.496 e. The quantitative estimate of drug-likeness (QED) is 0.761. The molecule has 1 unspecified atom stereocenters. The van der Waals surface area contributed by atoms with E-state index in [-0.39, 0.29) is 5.56 Å². The fraction of sp³-hybridized carbons (Fsp3) is 0.300. The van der Waals surface area contributed by atoms with Gasteiger partial charge in [0.25, 0.3) is 0 Å². The van der Waals surface area contributed by atoms with Gasteiger partial charge in [-0.25, -0.2) is 4.39 Å². The average molecular weight is 213 g/mol. The fourth-order valence-electron chi connectivity index (χ4n) is 1.20. The van der Waals surface area contributed by atoms with Crippen LogP contribution in [0.4, 0.5) is 4.39 Å². The normalized spacial score (nSPS) is 12.0. The van der Waals surface area contributed by atoms with Crippen molar-refractivity contribution in [3.8, 4) is 5.75 Å². The van der Waals surface area contributed by atoms with Crippen molar-refractivity contribution in [3.05, 3.63) is 29.6 Å². The van der Waals surface area contributed by atoms with Gasteiger partial charge in [-0.15, -0.1) is 0 Å². The summed E-state index contributed by atoms with van der Waals surface area (Å²) in [4.78, 5) is 11.2. The lowest BCUT2D eigenvalue weighted by atomic mass is 10.1. The van der Waals surface area contributed by atoms with Gasteiger partial charge in [-0.1, -0.05) is 0 Å². The molecule has 0 saturated heterocycles. The Morgan fingerprint density at radius 3 is 2.67 bits per heavy atom. The van der Waals surface area contributed by atoms with Crippen molar-refractivity contribution in [2.75, 3.05) is 14.2 Å². The van der Waals surface area contributed by atoms with E-state index in [1.807, 2.05) is 0 Å². The molecule has 0 radical (unpaired) electrons. The SMILES string of the molecule is COC(=O)C(N)c1cc(F)ccc1OC. The summed E-state index contributed by atoms with van der Waals surface area (Å²) in [6, 6.07) is 2.75. The highest BCUT2D eigenvalue weighted by molar-refractivity contribution is 5.78. The molecule has 1 atom stereocenters. The Balaban J connectivity index is 3.10. The third kappa shape index (κ3) is 2.44. The predicted octanol–water partition coefficient (Wildman–Crippen LogP) is 1.01. The fourth-order valence-corrected chi connectivity index (χ4v) is 1.20. The zero-order chi connectivity index (χ0) is 11.4. The number of hydrogen-bond acceptors (Lipinski definition) is 4. The van der Waals surface area contributed by atoms with Crippen LogP contribution in [0.25, 0.3) is 0 Å². The minimum absolute atomic E-state index is 0.268. The summed E-state index contributed by atoms with van der Waals surface area (Å²) in [7, 11) is 2.63. The summed E-state index contributed by atoms with van der Waals surface area (Å²) in [5, 5.41) is 0. The highest BCUT2D eigenvalue weighted by Gasteiger charge is 2.20. The Kier molecular flexibility index (Phi) is 3.62. The van der Waals surface area contributed by atoms with Crippen LogP contribution < -0.4 is 10.5 Å². The third-order valence-corrected chi connectivity index (χ3v) is 1.98. The maximum atomic E-state index is 12.9. The van der Waals surface area contributed by atoms with E-state index in [0.29, 0.717) is 5.75 Å². The number of halogens is 1. The van der Waals surface area contributed by atoms with Crippen LogP contribution in [0.1, 0.15) is 11.6 Å². The van der Waals surface area contributed by atoms with Crippen molar-refractivity contribution < 1.29 is 18.7 Å². The third-order valence-electron chi connectivity index (χ3n) is 1.98. The second-order valence-electron chi connectivity index (χ2n) is 2.89. The van der Waals surface area contributed by atoms with E-state index in [1.54, 1.807) is 0 Å². The predicted molar refractivity (Wildman–Crippen MR) is 51.9 cm³/mol. The highest BCUT2D eigenvalue weighted by atomic mass is 19.1. The first-order valence-electron chi connectivity index (χ1n) is 4.27. The molecule has 82 valence electrons. The Labute approximate surface area is 86.8 Å². The standard InChI is InChI=1S/C10H12FNO3/c1-14-8-4-3-6(11)5-7(8)9(12)10(13)15-2/h3-5,9H,12H2,1-2H3. The van der Waals surface area contributed by atoms with Crippen LogP contribution in [-0.2, 0) is 9.53 Å². The Hall–Kier alpha value is -1.62. The first kappa shape index (κ1) is 11.5. The van der Waals surface area contributed by atoms with Gasteiger partial charge in [0.1, 0.15) is 17.6 Å². The van der Waals surface area contributed by atoms with Crippen molar-refractivity contribution in [2.24, 2.45) is 5.73 Å². The summed E-state index contributed by atoms with van der Waals surface area (Å²) in [6.07, 6.45) is 0. The van der Waals surface area contributed by atoms with Gasteiger partial charge in [-0.05, 0) is 18.2 Å². The summed E-state index contributed by atoms with van der Waals surface area (Å²) in [6.45, 7) is 0. The topological polar surface area (TPSA) is 61.5 Å². The van der Waals surface area contributed by atoms with Crippen LogP contribution in [-0.4, -0.2) is 20.2 Å².